The molecule has 1 fully saturated rings. The standard InChI is InChI=1S/C29H27ClFN3O4.C2H6/c1-18-11-21(19(2)36)12-27(31)28(18)29(22-4-6-23(30)7-5-22,38-26-10-9-25(37)13-26)34(17-35)16-24-8-3-20(14-32)15-33-24;1-2/h3-8,11-12,15,17,25-26,37H,9-10,13,16H2,1-2H3;1-2H3. The Kier molecular flexibility index (Phi) is 10.5. The number of aryl methyl sites for hydroxylation is 1. The Morgan fingerprint density at radius 2 is 1.95 bits per heavy atom. The van der Waals surface area contributed by atoms with Crippen LogP contribution in [0.2, 0.25) is 5.02 Å². The summed E-state index contributed by atoms with van der Waals surface area (Å²) in [6, 6.07) is 14.5. The number of aromatic nitrogens is 1. The number of nitriles is 1. The van der Waals surface area contributed by atoms with Crippen molar-refractivity contribution in [1.29, 1.82) is 5.26 Å². The van der Waals surface area contributed by atoms with Crippen molar-refractivity contribution in [1.82, 2.24) is 9.88 Å². The molecule has 1 amide bonds. The molecule has 3 unspecified atom stereocenters. The molecule has 0 radical (unpaired) electrons. The van der Waals surface area contributed by atoms with Crippen molar-refractivity contribution in [3.8, 4) is 6.07 Å². The van der Waals surface area contributed by atoms with Crippen LogP contribution < -0.4 is 0 Å². The molecule has 3 aromatic rings. The molecular formula is C31H33ClFN3O4. The topological polar surface area (TPSA) is 104 Å². The van der Waals surface area contributed by atoms with Crippen LogP contribution in [-0.4, -0.2) is 39.4 Å². The summed E-state index contributed by atoms with van der Waals surface area (Å²) in [7, 11) is 0. The van der Waals surface area contributed by atoms with E-state index in [4.69, 9.17) is 21.6 Å². The van der Waals surface area contributed by atoms with E-state index in [0.29, 0.717) is 53.1 Å². The van der Waals surface area contributed by atoms with Gasteiger partial charge in [-0.25, -0.2) is 4.39 Å². The Morgan fingerprint density at radius 1 is 1.25 bits per heavy atom. The van der Waals surface area contributed by atoms with Crippen molar-refractivity contribution in [2.75, 3.05) is 0 Å². The maximum atomic E-state index is 16.1. The van der Waals surface area contributed by atoms with Crippen molar-refractivity contribution in [3.63, 3.8) is 0 Å². The molecular weight excluding hydrogens is 533 g/mol. The Balaban J connectivity index is 0.00000216. The Labute approximate surface area is 239 Å². The van der Waals surface area contributed by atoms with Gasteiger partial charge in [-0.15, -0.1) is 0 Å². The second-order valence-corrected chi connectivity index (χ2v) is 9.88. The van der Waals surface area contributed by atoms with E-state index in [1.54, 1.807) is 49.4 Å². The number of ether oxygens (including phenoxy) is 1. The lowest BCUT2D eigenvalue weighted by molar-refractivity contribution is -0.177. The molecule has 0 bridgehead atoms. The minimum Gasteiger partial charge on any atom is -0.393 e. The summed E-state index contributed by atoms with van der Waals surface area (Å²) < 4.78 is 22.8. The van der Waals surface area contributed by atoms with Crippen LogP contribution in [0.15, 0.2) is 54.7 Å². The zero-order valence-electron chi connectivity index (χ0n) is 23.0. The van der Waals surface area contributed by atoms with Gasteiger partial charge in [-0.05, 0) is 75.1 Å². The monoisotopic (exact) mass is 565 g/mol. The van der Waals surface area contributed by atoms with Crippen LogP contribution in [0.1, 0.15) is 78.3 Å². The third-order valence-electron chi connectivity index (χ3n) is 6.78. The van der Waals surface area contributed by atoms with Crippen LogP contribution in [0, 0.1) is 24.1 Å². The summed E-state index contributed by atoms with van der Waals surface area (Å²) in [6.07, 6.45) is 2.20. The number of pyridine rings is 1. The summed E-state index contributed by atoms with van der Waals surface area (Å²) in [5.74, 6) is -1.02. The summed E-state index contributed by atoms with van der Waals surface area (Å²) in [5, 5.41) is 19.8. The minimum absolute atomic E-state index is 0.0620. The van der Waals surface area contributed by atoms with Gasteiger partial charge in [-0.1, -0.05) is 37.6 Å². The van der Waals surface area contributed by atoms with Crippen LogP contribution in [0.5, 0.6) is 0 Å². The largest absolute Gasteiger partial charge is 0.393 e. The molecule has 1 aromatic heterocycles. The lowest BCUT2D eigenvalue weighted by Gasteiger charge is -2.45. The van der Waals surface area contributed by atoms with E-state index in [-0.39, 0.29) is 23.5 Å². The number of Topliss-reactive ketones (excluding diaryl/α,β-unsaturated/α-hetero) is 1. The highest BCUT2D eigenvalue weighted by Crippen LogP contribution is 2.44. The molecule has 1 heterocycles. The highest BCUT2D eigenvalue weighted by atomic mass is 35.5. The second-order valence-electron chi connectivity index (χ2n) is 9.45. The highest BCUT2D eigenvalue weighted by molar-refractivity contribution is 6.30. The summed E-state index contributed by atoms with van der Waals surface area (Å²) >= 11 is 6.18. The van der Waals surface area contributed by atoms with E-state index in [1.807, 2.05) is 19.9 Å². The van der Waals surface area contributed by atoms with Crippen molar-refractivity contribution in [2.45, 2.75) is 71.4 Å². The van der Waals surface area contributed by atoms with Crippen molar-refractivity contribution in [3.05, 3.63) is 99.1 Å². The maximum absolute atomic E-state index is 16.1. The summed E-state index contributed by atoms with van der Waals surface area (Å²) in [6.45, 7) is 6.93. The average molecular weight is 566 g/mol. The fraction of sp³-hybridized carbons (Fsp3) is 0.355. The van der Waals surface area contributed by atoms with E-state index in [1.165, 1.54) is 18.0 Å². The first kappa shape index (κ1) is 30.9. The molecule has 2 aromatic carbocycles. The van der Waals surface area contributed by atoms with E-state index in [9.17, 15) is 14.7 Å². The number of nitrogens with zero attached hydrogens (tertiary/aromatic N) is 3. The van der Waals surface area contributed by atoms with Gasteiger partial charge in [0.2, 0.25) is 6.41 Å². The number of hydrogen-bond donors (Lipinski definition) is 1. The number of benzene rings is 2. The number of halogens is 2. The molecule has 4 rings (SSSR count). The van der Waals surface area contributed by atoms with Gasteiger partial charge in [0.15, 0.2) is 11.5 Å². The molecule has 1 saturated carbocycles. The van der Waals surface area contributed by atoms with Crippen molar-refractivity contribution < 1.29 is 23.8 Å². The molecule has 0 aliphatic heterocycles. The van der Waals surface area contributed by atoms with E-state index in [2.05, 4.69) is 4.98 Å². The van der Waals surface area contributed by atoms with Gasteiger partial charge < -0.3 is 14.7 Å². The number of amides is 1. The van der Waals surface area contributed by atoms with Gasteiger partial charge in [0.25, 0.3) is 0 Å². The minimum atomic E-state index is -1.79. The number of carbonyl (C=O) groups excluding carboxylic acids is 2. The average Bonchev–Trinajstić information content (AvgIpc) is 3.36. The first-order valence-corrected chi connectivity index (χ1v) is 13.6. The molecule has 9 heteroatoms. The van der Waals surface area contributed by atoms with E-state index >= 15 is 4.39 Å². The molecule has 3 atom stereocenters. The molecule has 0 saturated heterocycles. The number of carbonyl (C=O) groups is 2. The van der Waals surface area contributed by atoms with Crippen LogP contribution in [0.3, 0.4) is 0 Å². The van der Waals surface area contributed by atoms with Gasteiger partial charge >= 0.3 is 0 Å². The predicted octanol–water partition coefficient (Wildman–Crippen LogP) is 6.07. The lowest BCUT2D eigenvalue weighted by Crippen LogP contribution is -2.51. The molecule has 40 heavy (non-hydrogen) atoms. The van der Waals surface area contributed by atoms with Crippen molar-refractivity contribution >= 4 is 23.8 Å². The number of aliphatic hydroxyl groups excluding tert-OH is 1. The first-order valence-electron chi connectivity index (χ1n) is 13.2. The van der Waals surface area contributed by atoms with E-state index < -0.39 is 23.8 Å². The number of rotatable bonds is 9. The normalized spacial score (nSPS) is 17.6. The molecule has 1 N–H and O–H groups in total. The molecule has 210 valence electrons. The molecule has 1 aliphatic rings. The van der Waals surface area contributed by atoms with Gasteiger partial charge in [0.05, 0.1) is 30.0 Å². The third kappa shape index (κ3) is 6.56. The van der Waals surface area contributed by atoms with Gasteiger partial charge in [-0.2, -0.15) is 5.26 Å². The van der Waals surface area contributed by atoms with Crippen LogP contribution in [0.4, 0.5) is 4.39 Å². The zero-order valence-corrected chi connectivity index (χ0v) is 23.8. The second kappa shape index (κ2) is 13.6. The fourth-order valence-electron chi connectivity index (χ4n) is 4.95. The quantitative estimate of drug-likeness (QED) is 0.192. The van der Waals surface area contributed by atoms with Crippen molar-refractivity contribution in [2.24, 2.45) is 0 Å². The van der Waals surface area contributed by atoms with Crippen LogP contribution in [0.25, 0.3) is 0 Å². The maximum Gasteiger partial charge on any atom is 0.212 e. The number of ketones is 1. The van der Waals surface area contributed by atoms with Crippen LogP contribution >= 0.6 is 11.6 Å². The Bertz CT molecular complexity index is 1350. The molecule has 7 nitrogen and oxygen atoms in total. The zero-order chi connectivity index (χ0) is 29.4. The summed E-state index contributed by atoms with van der Waals surface area (Å²) in [5.41, 5.74) is 0.102. The third-order valence-corrected chi connectivity index (χ3v) is 7.03. The Hall–Kier alpha value is -3.64. The SMILES string of the molecule is CC.CC(=O)c1cc(C)c(C(OC2CCC(O)C2)(c2ccc(Cl)cc2)N(C=O)Cc2ccc(C#N)cn2)c(F)c1. The van der Waals surface area contributed by atoms with Gasteiger partial charge in [-0.3, -0.25) is 14.6 Å². The molecule has 1 aliphatic carbocycles. The Morgan fingerprint density at radius 3 is 2.45 bits per heavy atom. The smallest absolute Gasteiger partial charge is 0.212 e. The first-order chi connectivity index (χ1) is 19.2. The summed E-state index contributed by atoms with van der Waals surface area (Å²) in [4.78, 5) is 30.5. The number of aliphatic hydroxyl groups is 1. The molecule has 0 spiro atoms. The highest BCUT2D eigenvalue weighted by Gasteiger charge is 2.47. The van der Waals surface area contributed by atoms with Gasteiger partial charge in [0, 0.05) is 27.9 Å². The number of hydrogen-bond acceptors (Lipinski definition) is 6. The predicted molar refractivity (Wildman–Crippen MR) is 150 cm³/mol. The van der Waals surface area contributed by atoms with Crippen LogP contribution in [-0.2, 0) is 21.8 Å². The van der Waals surface area contributed by atoms with Gasteiger partial charge in [0.1, 0.15) is 11.9 Å². The lowest BCUT2D eigenvalue weighted by atomic mass is 9.87. The fourth-order valence-corrected chi connectivity index (χ4v) is 5.07. The van der Waals surface area contributed by atoms with E-state index in [0.717, 1.165) is 6.07 Å².